The lowest BCUT2D eigenvalue weighted by atomic mass is 10.1. The van der Waals surface area contributed by atoms with Crippen LogP contribution in [0.2, 0.25) is 0 Å². The minimum Gasteiger partial charge on any atom is -0.331 e. The minimum atomic E-state index is -3.11. The van der Waals surface area contributed by atoms with Crippen LogP contribution in [-0.4, -0.2) is 67.6 Å². The lowest BCUT2D eigenvalue weighted by Crippen LogP contribution is -2.42. The number of rotatable bonds is 7. The molecular formula is C11H23N3O3S2. The number of hydrogen-bond donors (Lipinski definition) is 1. The number of nitrogens with zero attached hydrogens (tertiary/aromatic N) is 2. The molecular weight excluding hydrogens is 286 g/mol. The van der Waals surface area contributed by atoms with Gasteiger partial charge in [0.25, 0.3) is 0 Å². The second-order valence-electron chi connectivity index (χ2n) is 4.83. The number of unbranched alkanes of at least 4 members (excludes halogenated alkanes) is 1. The van der Waals surface area contributed by atoms with Crippen LogP contribution in [0.4, 0.5) is 0 Å². The molecule has 1 amide bonds. The van der Waals surface area contributed by atoms with Crippen molar-refractivity contribution in [2.24, 2.45) is 5.73 Å². The van der Waals surface area contributed by atoms with Gasteiger partial charge in [-0.05, 0) is 12.8 Å². The Labute approximate surface area is 119 Å². The van der Waals surface area contributed by atoms with E-state index in [-0.39, 0.29) is 5.91 Å². The van der Waals surface area contributed by atoms with Crippen LogP contribution in [0, 0.1) is 0 Å². The third-order valence-corrected chi connectivity index (χ3v) is 5.47. The van der Waals surface area contributed by atoms with Gasteiger partial charge in [0.1, 0.15) is 0 Å². The number of carbonyl (C=O) groups is 1. The first-order valence-corrected chi connectivity index (χ1v) is 9.36. The first-order chi connectivity index (χ1) is 8.82. The molecule has 0 radical (unpaired) electrons. The Morgan fingerprint density at radius 1 is 1.47 bits per heavy atom. The van der Waals surface area contributed by atoms with Crippen molar-refractivity contribution in [3.05, 3.63) is 0 Å². The van der Waals surface area contributed by atoms with Crippen molar-refractivity contribution in [2.45, 2.75) is 25.3 Å². The third-order valence-electron chi connectivity index (χ3n) is 3.19. The highest BCUT2D eigenvalue weighted by Gasteiger charge is 2.23. The van der Waals surface area contributed by atoms with E-state index in [4.69, 9.17) is 5.73 Å². The molecule has 0 saturated carbocycles. The van der Waals surface area contributed by atoms with E-state index in [1.165, 1.54) is 10.6 Å². The monoisotopic (exact) mass is 309 g/mol. The number of nitrogens with two attached hydrogens (primary N) is 1. The van der Waals surface area contributed by atoms with Crippen LogP contribution in [-0.2, 0) is 14.8 Å². The molecule has 1 unspecified atom stereocenters. The summed E-state index contributed by atoms with van der Waals surface area (Å²) in [4.78, 5) is 13.7. The lowest BCUT2D eigenvalue weighted by Gasteiger charge is -2.20. The Kier molecular flexibility index (Phi) is 6.58. The van der Waals surface area contributed by atoms with Gasteiger partial charge >= 0.3 is 0 Å². The van der Waals surface area contributed by atoms with Crippen molar-refractivity contribution in [2.75, 3.05) is 38.0 Å². The van der Waals surface area contributed by atoms with E-state index in [9.17, 15) is 13.2 Å². The summed E-state index contributed by atoms with van der Waals surface area (Å²) >= 11 is 1.74. The van der Waals surface area contributed by atoms with E-state index in [0.717, 1.165) is 31.0 Å². The Balaban J connectivity index is 2.20. The SMILES string of the molecule is CN(CCCCC(N)C(=O)N1CCSC1)S(C)(=O)=O. The maximum Gasteiger partial charge on any atom is 0.240 e. The molecule has 112 valence electrons. The maximum atomic E-state index is 11.9. The zero-order chi connectivity index (χ0) is 14.5. The fraction of sp³-hybridized carbons (Fsp3) is 0.909. The van der Waals surface area contributed by atoms with Crippen LogP contribution in [0.3, 0.4) is 0 Å². The summed E-state index contributed by atoms with van der Waals surface area (Å²) in [6.07, 6.45) is 3.28. The number of thioether (sulfide) groups is 1. The molecule has 1 saturated heterocycles. The molecule has 19 heavy (non-hydrogen) atoms. The average molecular weight is 309 g/mol. The number of amides is 1. The van der Waals surface area contributed by atoms with E-state index in [2.05, 4.69) is 0 Å². The maximum absolute atomic E-state index is 11.9. The molecule has 1 fully saturated rings. The third kappa shape index (κ3) is 5.68. The molecule has 8 heteroatoms. The van der Waals surface area contributed by atoms with Crippen LogP contribution in [0.25, 0.3) is 0 Å². The van der Waals surface area contributed by atoms with Gasteiger partial charge in [-0.2, -0.15) is 0 Å². The molecule has 0 aromatic rings. The van der Waals surface area contributed by atoms with Gasteiger partial charge < -0.3 is 10.6 Å². The standard InChI is InChI=1S/C11H23N3O3S2/c1-13(19(2,16)17)6-4-3-5-10(12)11(15)14-7-8-18-9-14/h10H,3-9,12H2,1-2H3. The molecule has 1 aliphatic heterocycles. The Hall–Kier alpha value is -0.310. The normalized spacial score (nSPS) is 18.0. The van der Waals surface area contributed by atoms with Crippen molar-refractivity contribution in [3.63, 3.8) is 0 Å². The van der Waals surface area contributed by atoms with Gasteiger partial charge in [0.15, 0.2) is 0 Å². The van der Waals surface area contributed by atoms with Gasteiger partial charge in [-0.3, -0.25) is 4.79 Å². The molecule has 1 heterocycles. The molecule has 2 N–H and O–H groups in total. The summed E-state index contributed by atoms with van der Waals surface area (Å²) in [5.41, 5.74) is 5.87. The molecule has 0 aromatic heterocycles. The highest BCUT2D eigenvalue weighted by atomic mass is 32.2. The predicted molar refractivity (Wildman–Crippen MR) is 78.3 cm³/mol. The summed E-state index contributed by atoms with van der Waals surface area (Å²) in [7, 11) is -1.55. The van der Waals surface area contributed by atoms with Crippen LogP contribution < -0.4 is 5.73 Å². The fourth-order valence-corrected chi connectivity index (χ4v) is 3.23. The van der Waals surface area contributed by atoms with Gasteiger partial charge in [-0.1, -0.05) is 6.42 Å². The van der Waals surface area contributed by atoms with E-state index in [0.29, 0.717) is 13.0 Å². The second-order valence-corrected chi connectivity index (χ2v) is 7.99. The zero-order valence-electron chi connectivity index (χ0n) is 11.5. The fourth-order valence-electron chi connectivity index (χ4n) is 1.81. The molecule has 6 nitrogen and oxygen atoms in total. The first kappa shape index (κ1) is 16.7. The quantitative estimate of drug-likeness (QED) is 0.664. The van der Waals surface area contributed by atoms with E-state index in [1.807, 2.05) is 0 Å². The highest BCUT2D eigenvalue weighted by molar-refractivity contribution is 7.99. The molecule has 1 aliphatic rings. The predicted octanol–water partition coefficient (Wildman–Crippen LogP) is -0.0917. The van der Waals surface area contributed by atoms with Gasteiger partial charge in [0.2, 0.25) is 15.9 Å². The molecule has 1 atom stereocenters. The van der Waals surface area contributed by atoms with E-state index < -0.39 is 16.1 Å². The number of carbonyl (C=O) groups excluding carboxylic acids is 1. The van der Waals surface area contributed by atoms with Crippen molar-refractivity contribution in [3.8, 4) is 0 Å². The zero-order valence-corrected chi connectivity index (χ0v) is 13.2. The summed E-state index contributed by atoms with van der Waals surface area (Å²) in [5.74, 6) is 1.74. The summed E-state index contributed by atoms with van der Waals surface area (Å²) < 4.78 is 23.7. The van der Waals surface area contributed by atoms with Crippen molar-refractivity contribution in [1.82, 2.24) is 9.21 Å². The summed E-state index contributed by atoms with van der Waals surface area (Å²) in [5, 5.41) is 0. The first-order valence-electron chi connectivity index (χ1n) is 6.36. The Bertz CT molecular complexity index is 394. The molecule has 0 bridgehead atoms. The molecule has 0 spiro atoms. The van der Waals surface area contributed by atoms with E-state index >= 15 is 0 Å². The van der Waals surface area contributed by atoms with Crippen LogP contribution in [0.1, 0.15) is 19.3 Å². The van der Waals surface area contributed by atoms with Gasteiger partial charge in [-0.25, -0.2) is 12.7 Å². The summed E-state index contributed by atoms with van der Waals surface area (Å²) in [6, 6.07) is -0.456. The molecule has 0 aromatic carbocycles. The van der Waals surface area contributed by atoms with Crippen LogP contribution in [0.15, 0.2) is 0 Å². The topological polar surface area (TPSA) is 83.7 Å². The summed E-state index contributed by atoms with van der Waals surface area (Å²) in [6.45, 7) is 1.26. The van der Waals surface area contributed by atoms with Crippen LogP contribution in [0.5, 0.6) is 0 Å². The molecule has 0 aliphatic carbocycles. The van der Waals surface area contributed by atoms with Gasteiger partial charge in [0.05, 0.1) is 18.2 Å². The average Bonchev–Trinajstić information content (AvgIpc) is 2.85. The van der Waals surface area contributed by atoms with Crippen LogP contribution >= 0.6 is 11.8 Å². The number of hydrogen-bond acceptors (Lipinski definition) is 5. The smallest absolute Gasteiger partial charge is 0.240 e. The highest BCUT2D eigenvalue weighted by Crippen LogP contribution is 2.15. The van der Waals surface area contributed by atoms with Crippen molar-refractivity contribution < 1.29 is 13.2 Å². The minimum absolute atomic E-state index is 0.0152. The Morgan fingerprint density at radius 2 is 2.16 bits per heavy atom. The van der Waals surface area contributed by atoms with Gasteiger partial charge in [0, 0.05) is 25.9 Å². The largest absolute Gasteiger partial charge is 0.331 e. The van der Waals surface area contributed by atoms with Crippen molar-refractivity contribution >= 4 is 27.7 Å². The number of sulfonamides is 1. The molecule has 1 rings (SSSR count). The van der Waals surface area contributed by atoms with Crippen molar-refractivity contribution in [1.29, 1.82) is 0 Å². The second kappa shape index (κ2) is 7.47. The Morgan fingerprint density at radius 3 is 2.68 bits per heavy atom. The van der Waals surface area contributed by atoms with E-state index in [1.54, 1.807) is 23.7 Å². The van der Waals surface area contributed by atoms with Gasteiger partial charge in [-0.15, -0.1) is 11.8 Å². The lowest BCUT2D eigenvalue weighted by molar-refractivity contribution is -0.131.